The maximum atomic E-state index is 13.1. The lowest BCUT2D eigenvalue weighted by molar-refractivity contribution is -0.127. The number of sulfonamides is 1. The van der Waals surface area contributed by atoms with Crippen molar-refractivity contribution in [3.8, 4) is 11.1 Å². The van der Waals surface area contributed by atoms with Gasteiger partial charge in [-0.3, -0.25) is 9.69 Å². The number of nitrogens with one attached hydrogen (secondary N) is 1. The first-order valence-corrected chi connectivity index (χ1v) is 11.1. The zero-order chi connectivity index (χ0) is 20.6. The summed E-state index contributed by atoms with van der Waals surface area (Å²) in [4.78, 5) is 25.2. The molecule has 152 valence electrons. The molecule has 7 nitrogen and oxygen atoms in total. The van der Waals surface area contributed by atoms with Crippen molar-refractivity contribution in [1.29, 1.82) is 0 Å². The summed E-state index contributed by atoms with van der Waals surface area (Å²) < 4.78 is 27.7. The maximum Gasteiger partial charge on any atom is 0.324 e. The van der Waals surface area contributed by atoms with Crippen LogP contribution in [0.3, 0.4) is 0 Å². The highest BCUT2D eigenvalue weighted by Crippen LogP contribution is 2.28. The minimum atomic E-state index is -3.67. The molecule has 1 N–H and O–H groups in total. The molecule has 0 aliphatic carbocycles. The molecule has 2 aliphatic rings. The van der Waals surface area contributed by atoms with Crippen LogP contribution in [0.25, 0.3) is 11.1 Å². The number of nitrogens with zero attached hydrogens (tertiary/aromatic N) is 2. The Morgan fingerprint density at radius 1 is 0.966 bits per heavy atom. The van der Waals surface area contributed by atoms with Crippen LogP contribution < -0.4 is 5.32 Å². The minimum Gasteiger partial charge on any atom is -0.329 e. The Hall–Kier alpha value is -2.42. The summed E-state index contributed by atoms with van der Waals surface area (Å²) >= 11 is 5.93. The normalized spacial score (nSPS) is 18.9. The van der Waals surface area contributed by atoms with Crippen LogP contribution in [0, 0.1) is 0 Å². The standard InChI is InChI=1S/C20H20ClN3O4S/c21-16-6-4-14(5-7-16)15-2-1-3-18(12-15)29(27,28)23-10-8-17(9-11-23)24-19(25)13-22-20(24)26/h1-7,12,17H,8-11,13H2,(H,22,26). The molecule has 2 aliphatic heterocycles. The van der Waals surface area contributed by atoms with Gasteiger partial charge in [-0.05, 0) is 48.2 Å². The van der Waals surface area contributed by atoms with Crippen LogP contribution in [0.4, 0.5) is 4.79 Å². The van der Waals surface area contributed by atoms with Gasteiger partial charge in [-0.2, -0.15) is 4.31 Å². The molecule has 0 aromatic heterocycles. The topological polar surface area (TPSA) is 86.8 Å². The third-order valence-corrected chi connectivity index (χ3v) is 7.46. The van der Waals surface area contributed by atoms with Crippen molar-refractivity contribution in [2.45, 2.75) is 23.8 Å². The molecule has 0 unspecified atom stereocenters. The Morgan fingerprint density at radius 3 is 2.28 bits per heavy atom. The molecule has 2 aromatic rings. The Bertz CT molecular complexity index is 1030. The van der Waals surface area contributed by atoms with Gasteiger partial charge in [0.2, 0.25) is 15.9 Å². The Labute approximate surface area is 174 Å². The second kappa shape index (κ2) is 7.78. The Morgan fingerprint density at radius 2 is 1.66 bits per heavy atom. The van der Waals surface area contributed by atoms with E-state index in [4.69, 9.17) is 11.6 Å². The van der Waals surface area contributed by atoms with Gasteiger partial charge in [-0.25, -0.2) is 13.2 Å². The molecule has 0 saturated carbocycles. The largest absolute Gasteiger partial charge is 0.329 e. The molecular formula is C20H20ClN3O4S. The van der Waals surface area contributed by atoms with E-state index >= 15 is 0 Å². The number of piperidine rings is 1. The van der Waals surface area contributed by atoms with Gasteiger partial charge in [-0.15, -0.1) is 0 Å². The monoisotopic (exact) mass is 433 g/mol. The van der Waals surface area contributed by atoms with Gasteiger partial charge in [0.05, 0.1) is 11.4 Å². The van der Waals surface area contributed by atoms with Crippen LogP contribution in [0.5, 0.6) is 0 Å². The fourth-order valence-corrected chi connectivity index (χ4v) is 5.41. The van der Waals surface area contributed by atoms with Gasteiger partial charge in [0.25, 0.3) is 0 Å². The molecular weight excluding hydrogens is 414 g/mol. The number of amides is 3. The molecule has 0 bridgehead atoms. The smallest absolute Gasteiger partial charge is 0.324 e. The molecule has 2 heterocycles. The number of carbonyl (C=O) groups excluding carboxylic acids is 2. The first-order chi connectivity index (χ1) is 13.9. The summed E-state index contributed by atoms with van der Waals surface area (Å²) in [6.07, 6.45) is 0.852. The van der Waals surface area contributed by atoms with E-state index in [1.165, 1.54) is 9.21 Å². The van der Waals surface area contributed by atoms with Gasteiger partial charge in [-0.1, -0.05) is 35.9 Å². The van der Waals surface area contributed by atoms with Gasteiger partial charge in [0, 0.05) is 24.2 Å². The van der Waals surface area contributed by atoms with Crippen LogP contribution in [-0.4, -0.2) is 55.2 Å². The highest BCUT2D eigenvalue weighted by atomic mass is 35.5. The van der Waals surface area contributed by atoms with E-state index in [0.29, 0.717) is 17.9 Å². The third kappa shape index (κ3) is 3.88. The number of hydrogen-bond acceptors (Lipinski definition) is 4. The van der Waals surface area contributed by atoms with Crippen LogP contribution in [0.15, 0.2) is 53.4 Å². The molecule has 2 fully saturated rings. The SMILES string of the molecule is O=C1CNC(=O)N1C1CCN(S(=O)(=O)c2cccc(-c3ccc(Cl)cc3)c2)CC1. The lowest BCUT2D eigenvalue weighted by Crippen LogP contribution is -2.48. The van der Waals surface area contributed by atoms with Crippen molar-refractivity contribution in [1.82, 2.24) is 14.5 Å². The molecule has 0 radical (unpaired) electrons. The maximum absolute atomic E-state index is 13.1. The first kappa shape index (κ1) is 19.9. The highest BCUT2D eigenvalue weighted by molar-refractivity contribution is 7.89. The second-order valence-corrected chi connectivity index (χ2v) is 9.47. The van der Waals surface area contributed by atoms with E-state index in [0.717, 1.165) is 11.1 Å². The van der Waals surface area contributed by atoms with Crippen molar-refractivity contribution >= 4 is 33.6 Å². The summed E-state index contributed by atoms with van der Waals surface area (Å²) in [6, 6.07) is 13.4. The average molecular weight is 434 g/mol. The van der Waals surface area contributed by atoms with Crippen molar-refractivity contribution < 1.29 is 18.0 Å². The predicted octanol–water partition coefficient (Wildman–Crippen LogP) is 2.71. The van der Waals surface area contributed by atoms with Crippen molar-refractivity contribution in [2.24, 2.45) is 0 Å². The zero-order valence-electron chi connectivity index (χ0n) is 15.5. The van der Waals surface area contributed by atoms with Crippen LogP contribution in [-0.2, 0) is 14.8 Å². The summed E-state index contributed by atoms with van der Waals surface area (Å²) in [6.45, 7) is 0.527. The number of rotatable bonds is 4. The number of urea groups is 1. The lowest BCUT2D eigenvalue weighted by Gasteiger charge is -2.34. The predicted molar refractivity (Wildman–Crippen MR) is 109 cm³/mol. The Kier molecular flexibility index (Phi) is 5.33. The fourth-order valence-electron chi connectivity index (χ4n) is 3.77. The number of benzene rings is 2. The second-order valence-electron chi connectivity index (χ2n) is 7.09. The molecule has 9 heteroatoms. The van der Waals surface area contributed by atoms with E-state index in [1.807, 2.05) is 18.2 Å². The van der Waals surface area contributed by atoms with Gasteiger partial charge in [0.1, 0.15) is 0 Å². The zero-order valence-corrected chi connectivity index (χ0v) is 17.1. The number of carbonyl (C=O) groups is 2. The average Bonchev–Trinajstić information content (AvgIpc) is 3.07. The quantitative estimate of drug-likeness (QED) is 0.751. The van der Waals surface area contributed by atoms with Crippen molar-refractivity contribution in [3.05, 3.63) is 53.6 Å². The van der Waals surface area contributed by atoms with Crippen LogP contribution >= 0.6 is 11.6 Å². The molecule has 3 amide bonds. The molecule has 2 aromatic carbocycles. The first-order valence-electron chi connectivity index (χ1n) is 9.32. The van der Waals surface area contributed by atoms with E-state index in [2.05, 4.69) is 5.32 Å². The number of hydrogen-bond donors (Lipinski definition) is 1. The van der Waals surface area contributed by atoms with E-state index in [-0.39, 0.29) is 36.5 Å². The van der Waals surface area contributed by atoms with Crippen molar-refractivity contribution in [3.63, 3.8) is 0 Å². The van der Waals surface area contributed by atoms with E-state index in [1.54, 1.807) is 30.3 Å². The molecule has 4 rings (SSSR count). The summed E-state index contributed by atoms with van der Waals surface area (Å²) in [5, 5.41) is 3.12. The Balaban J connectivity index is 1.51. The third-order valence-electron chi connectivity index (χ3n) is 5.32. The molecule has 2 saturated heterocycles. The highest BCUT2D eigenvalue weighted by Gasteiger charge is 2.38. The molecule has 29 heavy (non-hydrogen) atoms. The van der Waals surface area contributed by atoms with E-state index < -0.39 is 16.1 Å². The van der Waals surface area contributed by atoms with Crippen LogP contribution in [0.2, 0.25) is 5.02 Å². The van der Waals surface area contributed by atoms with Crippen molar-refractivity contribution in [2.75, 3.05) is 19.6 Å². The fraction of sp³-hybridized carbons (Fsp3) is 0.300. The van der Waals surface area contributed by atoms with Gasteiger partial charge < -0.3 is 5.32 Å². The lowest BCUT2D eigenvalue weighted by atomic mass is 10.1. The molecule has 0 atom stereocenters. The number of halogens is 1. The van der Waals surface area contributed by atoms with Gasteiger partial charge in [0.15, 0.2) is 0 Å². The number of imide groups is 1. The van der Waals surface area contributed by atoms with Gasteiger partial charge >= 0.3 is 6.03 Å². The summed E-state index contributed by atoms with van der Waals surface area (Å²) in [5.41, 5.74) is 1.67. The van der Waals surface area contributed by atoms with Crippen LogP contribution in [0.1, 0.15) is 12.8 Å². The summed E-state index contributed by atoms with van der Waals surface area (Å²) in [5.74, 6) is -0.257. The van der Waals surface area contributed by atoms with E-state index in [9.17, 15) is 18.0 Å². The molecule has 0 spiro atoms. The summed E-state index contributed by atoms with van der Waals surface area (Å²) in [7, 11) is -3.67. The minimum absolute atomic E-state index is 0.00877.